The second-order valence-corrected chi connectivity index (χ2v) is 7.96. The predicted octanol–water partition coefficient (Wildman–Crippen LogP) is 4.29. The number of carbonyl (C=O) groups is 1. The van der Waals surface area contributed by atoms with Crippen LogP contribution in [0, 0.1) is 0 Å². The lowest BCUT2D eigenvalue weighted by Crippen LogP contribution is -2.31. The Morgan fingerprint density at radius 2 is 1.87 bits per heavy atom. The van der Waals surface area contributed by atoms with Crippen LogP contribution in [-0.2, 0) is 0 Å². The van der Waals surface area contributed by atoms with Crippen molar-refractivity contribution in [1.82, 2.24) is 15.2 Å². The van der Waals surface area contributed by atoms with Crippen molar-refractivity contribution in [3.8, 4) is 11.1 Å². The van der Waals surface area contributed by atoms with Crippen LogP contribution in [0.5, 0.6) is 0 Å². The van der Waals surface area contributed by atoms with Crippen molar-refractivity contribution < 1.29 is 4.79 Å². The van der Waals surface area contributed by atoms with Crippen LogP contribution in [0.15, 0.2) is 65.6 Å². The largest absolute Gasteiger partial charge is 0.351 e. The number of amides is 1. The zero-order valence-corrected chi connectivity index (χ0v) is 17.6. The first kappa shape index (κ1) is 20.1. The van der Waals surface area contributed by atoms with Crippen molar-refractivity contribution in [2.75, 3.05) is 27.2 Å². The van der Waals surface area contributed by atoms with Gasteiger partial charge in [-0.3, -0.25) is 9.59 Å². The van der Waals surface area contributed by atoms with Crippen molar-refractivity contribution in [2.45, 2.75) is 0 Å². The maximum absolute atomic E-state index is 12.7. The fourth-order valence-corrected chi connectivity index (χ4v) is 3.78. The van der Waals surface area contributed by atoms with Gasteiger partial charge >= 0.3 is 0 Å². The highest BCUT2D eigenvalue weighted by Gasteiger charge is 2.13. The number of nitrogens with one attached hydrogen (secondary N) is 2. The molecule has 1 heterocycles. The van der Waals surface area contributed by atoms with Gasteiger partial charge in [-0.05, 0) is 60.1 Å². The third-order valence-corrected chi connectivity index (χ3v) is 5.36. The molecule has 0 saturated heterocycles. The Labute approximate surface area is 179 Å². The number of aromatic amines is 1. The van der Waals surface area contributed by atoms with E-state index in [1.54, 1.807) is 12.3 Å². The Kier molecular flexibility index (Phi) is 5.57. The van der Waals surface area contributed by atoms with Gasteiger partial charge in [0.25, 0.3) is 11.5 Å². The second kappa shape index (κ2) is 8.30. The van der Waals surface area contributed by atoms with E-state index >= 15 is 0 Å². The number of nitrogens with zero attached hydrogens (tertiary/aromatic N) is 1. The summed E-state index contributed by atoms with van der Waals surface area (Å²) in [6.45, 7) is 1.34. The Bertz CT molecular complexity index is 1310. The average Bonchev–Trinajstić information content (AvgIpc) is 2.73. The Balaban J connectivity index is 1.80. The predicted molar refractivity (Wildman–Crippen MR) is 123 cm³/mol. The highest BCUT2D eigenvalue weighted by Crippen LogP contribution is 2.32. The molecular weight excluding hydrogens is 398 g/mol. The van der Waals surface area contributed by atoms with Crippen molar-refractivity contribution in [3.05, 3.63) is 81.7 Å². The number of hydrogen-bond donors (Lipinski definition) is 2. The van der Waals surface area contributed by atoms with E-state index in [9.17, 15) is 9.59 Å². The molecule has 5 nitrogen and oxygen atoms in total. The van der Waals surface area contributed by atoms with Gasteiger partial charge in [0, 0.05) is 35.4 Å². The summed E-state index contributed by atoms with van der Waals surface area (Å²) in [5.74, 6) is -0.121. The normalized spacial score (nSPS) is 11.3. The molecule has 1 aromatic heterocycles. The molecule has 6 heteroatoms. The molecule has 0 aliphatic rings. The quantitative estimate of drug-likeness (QED) is 0.474. The van der Waals surface area contributed by atoms with Crippen LogP contribution < -0.4 is 10.9 Å². The molecule has 3 aromatic carbocycles. The highest BCUT2D eigenvalue weighted by atomic mass is 35.5. The average molecular weight is 420 g/mol. The SMILES string of the molecule is CN(C)CCNC(=O)c1cccc(-c2c[nH]c(=O)c3c2ccc2ccc(Cl)cc23)c1. The van der Waals surface area contributed by atoms with Crippen molar-refractivity contribution in [1.29, 1.82) is 0 Å². The molecule has 0 atom stereocenters. The number of pyridine rings is 1. The maximum atomic E-state index is 12.7. The number of benzene rings is 3. The van der Waals surface area contributed by atoms with Gasteiger partial charge in [-0.2, -0.15) is 0 Å². The molecule has 0 aliphatic carbocycles. The minimum atomic E-state index is -0.167. The van der Waals surface area contributed by atoms with E-state index in [4.69, 9.17) is 11.6 Å². The molecule has 0 bridgehead atoms. The summed E-state index contributed by atoms with van der Waals surface area (Å²) in [5, 5.41) is 6.68. The monoisotopic (exact) mass is 419 g/mol. The van der Waals surface area contributed by atoms with Gasteiger partial charge in [0.15, 0.2) is 0 Å². The molecule has 4 rings (SSSR count). The number of carbonyl (C=O) groups excluding carboxylic acids is 1. The molecule has 0 unspecified atom stereocenters. The second-order valence-electron chi connectivity index (χ2n) is 7.53. The number of H-pyrrole nitrogens is 1. The molecule has 2 N–H and O–H groups in total. The fourth-order valence-electron chi connectivity index (χ4n) is 3.61. The van der Waals surface area contributed by atoms with E-state index in [-0.39, 0.29) is 11.5 Å². The fraction of sp³-hybridized carbons (Fsp3) is 0.167. The van der Waals surface area contributed by atoms with E-state index in [1.807, 2.05) is 67.5 Å². The van der Waals surface area contributed by atoms with Crippen LogP contribution >= 0.6 is 11.6 Å². The van der Waals surface area contributed by atoms with Crippen LogP contribution in [0.25, 0.3) is 32.7 Å². The summed E-state index contributed by atoms with van der Waals surface area (Å²) in [5.41, 5.74) is 2.13. The van der Waals surface area contributed by atoms with Gasteiger partial charge < -0.3 is 15.2 Å². The lowest BCUT2D eigenvalue weighted by Gasteiger charge is -2.12. The zero-order chi connectivity index (χ0) is 21.3. The van der Waals surface area contributed by atoms with Crippen molar-refractivity contribution in [3.63, 3.8) is 0 Å². The smallest absolute Gasteiger partial charge is 0.256 e. The lowest BCUT2D eigenvalue weighted by molar-refractivity contribution is 0.0951. The van der Waals surface area contributed by atoms with Crippen molar-refractivity contribution >= 4 is 39.1 Å². The summed E-state index contributed by atoms with van der Waals surface area (Å²) >= 11 is 6.19. The molecule has 1 amide bonds. The van der Waals surface area contributed by atoms with E-state index < -0.39 is 0 Å². The first-order valence-corrected chi connectivity index (χ1v) is 10.1. The molecule has 4 aromatic rings. The van der Waals surface area contributed by atoms with E-state index in [2.05, 4.69) is 10.3 Å². The topological polar surface area (TPSA) is 65.2 Å². The summed E-state index contributed by atoms with van der Waals surface area (Å²) in [6, 6.07) is 16.9. The number of aromatic nitrogens is 1. The molecule has 0 spiro atoms. The molecule has 0 aliphatic heterocycles. The number of hydrogen-bond acceptors (Lipinski definition) is 3. The van der Waals surface area contributed by atoms with E-state index in [1.165, 1.54) is 0 Å². The van der Waals surface area contributed by atoms with E-state index in [0.717, 1.165) is 33.8 Å². The van der Waals surface area contributed by atoms with E-state index in [0.29, 0.717) is 22.5 Å². The number of rotatable bonds is 5. The molecule has 30 heavy (non-hydrogen) atoms. The first-order chi connectivity index (χ1) is 14.4. The highest BCUT2D eigenvalue weighted by molar-refractivity contribution is 6.32. The number of halogens is 1. The molecule has 0 saturated carbocycles. The first-order valence-electron chi connectivity index (χ1n) is 9.71. The van der Waals surface area contributed by atoms with Gasteiger partial charge in [-0.25, -0.2) is 0 Å². The standard InChI is InChI=1S/C24H22ClN3O2/c1-28(2)11-10-26-23(29)17-5-3-4-16(12-17)21-14-27-24(30)22-19(21)9-7-15-6-8-18(25)13-20(15)22/h3-9,12-14H,10-11H2,1-2H3,(H,26,29)(H,27,30). The third-order valence-electron chi connectivity index (χ3n) is 5.13. The Hall–Kier alpha value is -3.15. The summed E-state index contributed by atoms with van der Waals surface area (Å²) in [7, 11) is 3.93. The zero-order valence-electron chi connectivity index (χ0n) is 16.8. The van der Waals surface area contributed by atoms with Crippen LogP contribution in [-0.4, -0.2) is 43.0 Å². The number of fused-ring (bicyclic) bond motifs is 3. The molecule has 152 valence electrons. The number of likely N-dealkylation sites (N-methyl/N-ethyl adjacent to an activating group) is 1. The summed E-state index contributed by atoms with van der Waals surface area (Å²) in [6.07, 6.45) is 1.70. The summed E-state index contributed by atoms with van der Waals surface area (Å²) < 4.78 is 0. The van der Waals surface area contributed by atoms with Gasteiger partial charge in [0.1, 0.15) is 0 Å². The van der Waals surface area contributed by atoms with Crippen LogP contribution in [0.2, 0.25) is 5.02 Å². The Morgan fingerprint density at radius 1 is 1.07 bits per heavy atom. The summed E-state index contributed by atoms with van der Waals surface area (Å²) in [4.78, 5) is 30.1. The molecule has 0 radical (unpaired) electrons. The third kappa shape index (κ3) is 3.95. The lowest BCUT2D eigenvalue weighted by atomic mass is 9.96. The Morgan fingerprint density at radius 3 is 2.67 bits per heavy atom. The van der Waals surface area contributed by atoms with Gasteiger partial charge in [-0.1, -0.05) is 41.9 Å². The maximum Gasteiger partial charge on any atom is 0.256 e. The van der Waals surface area contributed by atoms with Crippen LogP contribution in [0.4, 0.5) is 0 Å². The van der Waals surface area contributed by atoms with Gasteiger partial charge in [0.05, 0.1) is 5.39 Å². The molecular formula is C24H22ClN3O2. The van der Waals surface area contributed by atoms with Crippen LogP contribution in [0.3, 0.4) is 0 Å². The minimum Gasteiger partial charge on any atom is -0.351 e. The van der Waals surface area contributed by atoms with Gasteiger partial charge in [-0.15, -0.1) is 0 Å². The van der Waals surface area contributed by atoms with Gasteiger partial charge in [0.2, 0.25) is 0 Å². The van der Waals surface area contributed by atoms with Crippen LogP contribution in [0.1, 0.15) is 10.4 Å². The minimum absolute atomic E-state index is 0.121. The van der Waals surface area contributed by atoms with Crippen molar-refractivity contribution in [2.24, 2.45) is 0 Å². The molecule has 0 fully saturated rings.